The molecule has 2 atom stereocenters. The number of esters is 1. The summed E-state index contributed by atoms with van der Waals surface area (Å²) in [6.07, 6.45) is 55.0. The Labute approximate surface area is 368 Å². The summed E-state index contributed by atoms with van der Waals surface area (Å²) in [5.74, 6) is -0.0487. The number of amides is 1. The Kier molecular flexibility index (Phi) is 48.6. The number of aliphatic hydroxyl groups is 2. The minimum absolute atomic E-state index is 0.00388. The first-order valence-corrected chi connectivity index (χ1v) is 26.8. The molecule has 0 aromatic carbocycles. The average molecular weight is 836 g/mol. The molecule has 0 fully saturated rings. The minimum Gasteiger partial charge on any atom is -0.466 e. The van der Waals surface area contributed by atoms with E-state index in [0.717, 1.165) is 51.4 Å². The third kappa shape index (κ3) is 46.2. The summed E-state index contributed by atoms with van der Waals surface area (Å²) in [5.41, 5.74) is 0. The molecule has 59 heavy (non-hydrogen) atoms. The van der Waals surface area contributed by atoms with Gasteiger partial charge in [0.15, 0.2) is 0 Å². The van der Waals surface area contributed by atoms with Gasteiger partial charge < -0.3 is 20.3 Å². The largest absolute Gasteiger partial charge is 0.466 e. The summed E-state index contributed by atoms with van der Waals surface area (Å²) in [6, 6.07) is -0.549. The smallest absolute Gasteiger partial charge is 0.305 e. The molecule has 3 N–H and O–H groups in total. The molecule has 0 aliphatic rings. The second-order valence-corrected chi connectivity index (χ2v) is 18.6. The minimum atomic E-state index is -0.671. The van der Waals surface area contributed by atoms with E-state index in [9.17, 15) is 19.8 Å². The molecule has 0 rings (SSSR count). The van der Waals surface area contributed by atoms with Gasteiger partial charge in [0.25, 0.3) is 0 Å². The Bertz CT molecular complexity index is 837. The molecule has 0 saturated heterocycles. The zero-order chi connectivity index (χ0) is 43.0. The first-order chi connectivity index (χ1) is 29.0. The number of ether oxygens (including phenoxy) is 1. The lowest BCUT2D eigenvalue weighted by Gasteiger charge is -2.22. The van der Waals surface area contributed by atoms with Crippen LogP contribution in [0.15, 0.2) is 0 Å². The number of aliphatic hydroxyl groups excluding tert-OH is 2. The van der Waals surface area contributed by atoms with E-state index < -0.39 is 12.1 Å². The predicted octanol–water partition coefficient (Wildman–Crippen LogP) is 16.0. The van der Waals surface area contributed by atoms with E-state index in [-0.39, 0.29) is 18.5 Å². The quantitative estimate of drug-likeness (QED) is 0.0419. The SMILES string of the molecule is CCCCCCCCCCCCCCCCCCCC(O)C(CO)NC(=O)CCCCCCCCCCCCCCCOC(=O)CCCCCCCCCCCCCC. The molecule has 6 nitrogen and oxygen atoms in total. The highest BCUT2D eigenvalue weighted by Gasteiger charge is 2.20. The van der Waals surface area contributed by atoms with E-state index in [0.29, 0.717) is 25.9 Å². The van der Waals surface area contributed by atoms with Crippen molar-refractivity contribution in [3.05, 3.63) is 0 Å². The number of nitrogens with one attached hydrogen (secondary N) is 1. The van der Waals surface area contributed by atoms with Crippen LogP contribution < -0.4 is 5.32 Å². The molecular weight excluding hydrogens is 731 g/mol. The number of hydrogen-bond acceptors (Lipinski definition) is 5. The van der Waals surface area contributed by atoms with Crippen molar-refractivity contribution in [1.82, 2.24) is 5.32 Å². The van der Waals surface area contributed by atoms with E-state index in [4.69, 9.17) is 4.74 Å². The summed E-state index contributed by atoms with van der Waals surface area (Å²) in [7, 11) is 0. The van der Waals surface area contributed by atoms with Crippen LogP contribution in [0.3, 0.4) is 0 Å². The van der Waals surface area contributed by atoms with Crippen LogP contribution in [0, 0.1) is 0 Å². The van der Waals surface area contributed by atoms with Crippen molar-refractivity contribution in [2.45, 2.75) is 315 Å². The summed E-state index contributed by atoms with van der Waals surface area (Å²) in [4.78, 5) is 24.5. The van der Waals surface area contributed by atoms with Crippen molar-refractivity contribution >= 4 is 11.9 Å². The van der Waals surface area contributed by atoms with Gasteiger partial charge in [-0.2, -0.15) is 0 Å². The molecule has 6 heteroatoms. The highest BCUT2D eigenvalue weighted by atomic mass is 16.5. The van der Waals surface area contributed by atoms with Gasteiger partial charge >= 0.3 is 5.97 Å². The maximum Gasteiger partial charge on any atom is 0.305 e. The van der Waals surface area contributed by atoms with Crippen molar-refractivity contribution in [2.75, 3.05) is 13.2 Å². The summed E-state index contributed by atoms with van der Waals surface area (Å²) in [6.45, 7) is 4.94. The molecule has 0 saturated carbocycles. The van der Waals surface area contributed by atoms with Crippen molar-refractivity contribution in [1.29, 1.82) is 0 Å². The fraction of sp³-hybridized carbons (Fsp3) is 0.962. The van der Waals surface area contributed by atoms with Crippen LogP contribution in [0.25, 0.3) is 0 Å². The number of carbonyl (C=O) groups excluding carboxylic acids is 2. The Morgan fingerprint density at radius 3 is 1.03 bits per heavy atom. The number of rotatable bonds is 50. The average Bonchev–Trinajstić information content (AvgIpc) is 3.24. The fourth-order valence-electron chi connectivity index (χ4n) is 8.52. The second-order valence-electron chi connectivity index (χ2n) is 18.6. The third-order valence-corrected chi connectivity index (χ3v) is 12.7. The highest BCUT2D eigenvalue weighted by molar-refractivity contribution is 5.76. The molecule has 0 aromatic rings. The molecule has 0 spiro atoms. The van der Waals surface area contributed by atoms with E-state index >= 15 is 0 Å². The van der Waals surface area contributed by atoms with E-state index in [1.807, 2.05) is 0 Å². The van der Waals surface area contributed by atoms with Gasteiger partial charge in [-0.05, 0) is 25.7 Å². The van der Waals surface area contributed by atoms with Crippen LogP contribution in [0.4, 0.5) is 0 Å². The normalized spacial score (nSPS) is 12.5. The van der Waals surface area contributed by atoms with Gasteiger partial charge in [-0.15, -0.1) is 0 Å². The van der Waals surface area contributed by atoms with Gasteiger partial charge in [0.05, 0.1) is 25.4 Å². The molecule has 352 valence electrons. The van der Waals surface area contributed by atoms with E-state index in [1.165, 1.54) is 218 Å². The zero-order valence-corrected chi connectivity index (χ0v) is 40.0. The number of hydrogen-bond donors (Lipinski definition) is 3. The van der Waals surface area contributed by atoms with Crippen LogP contribution in [0.5, 0.6) is 0 Å². The monoisotopic (exact) mass is 836 g/mol. The van der Waals surface area contributed by atoms with Gasteiger partial charge in [-0.25, -0.2) is 0 Å². The standard InChI is InChI=1S/C53H105NO5/c1-3-5-7-9-11-13-15-17-18-19-20-22-25-29-33-37-41-45-51(56)50(49-55)54-52(57)46-42-38-34-30-26-23-21-24-28-32-36-40-44-48-59-53(58)47-43-39-35-31-27-16-14-12-10-8-6-4-2/h50-51,55-56H,3-49H2,1-2H3,(H,54,57). The Morgan fingerprint density at radius 1 is 0.407 bits per heavy atom. The molecule has 0 aromatic heterocycles. The molecule has 0 radical (unpaired) electrons. The van der Waals surface area contributed by atoms with Gasteiger partial charge in [0.1, 0.15) is 0 Å². The Morgan fingerprint density at radius 2 is 0.695 bits per heavy atom. The maximum absolute atomic E-state index is 12.5. The maximum atomic E-state index is 12.5. The summed E-state index contributed by atoms with van der Waals surface area (Å²) >= 11 is 0. The predicted molar refractivity (Wildman–Crippen MR) is 255 cm³/mol. The molecule has 0 aliphatic heterocycles. The van der Waals surface area contributed by atoms with Crippen LogP contribution in [-0.2, 0) is 14.3 Å². The first-order valence-electron chi connectivity index (χ1n) is 26.8. The molecule has 0 heterocycles. The molecule has 0 aliphatic carbocycles. The lowest BCUT2D eigenvalue weighted by Crippen LogP contribution is -2.45. The highest BCUT2D eigenvalue weighted by Crippen LogP contribution is 2.17. The fourth-order valence-corrected chi connectivity index (χ4v) is 8.52. The lowest BCUT2D eigenvalue weighted by molar-refractivity contribution is -0.143. The summed E-state index contributed by atoms with van der Waals surface area (Å²) in [5, 5.41) is 23.3. The van der Waals surface area contributed by atoms with Gasteiger partial charge in [0.2, 0.25) is 5.91 Å². The van der Waals surface area contributed by atoms with Gasteiger partial charge in [0, 0.05) is 12.8 Å². The number of carbonyl (C=O) groups is 2. The van der Waals surface area contributed by atoms with E-state index in [2.05, 4.69) is 19.2 Å². The Hall–Kier alpha value is -1.14. The van der Waals surface area contributed by atoms with Crippen molar-refractivity contribution in [2.24, 2.45) is 0 Å². The molecular formula is C53H105NO5. The first kappa shape index (κ1) is 57.9. The third-order valence-electron chi connectivity index (χ3n) is 12.7. The second kappa shape index (κ2) is 49.5. The Balaban J connectivity index is 3.44. The van der Waals surface area contributed by atoms with Gasteiger partial charge in [-0.1, -0.05) is 264 Å². The van der Waals surface area contributed by atoms with Crippen molar-refractivity contribution in [3.63, 3.8) is 0 Å². The zero-order valence-electron chi connectivity index (χ0n) is 40.0. The number of unbranched alkanes of at least 4 members (excludes halogenated alkanes) is 39. The van der Waals surface area contributed by atoms with Crippen LogP contribution >= 0.6 is 0 Å². The van der Waals surface area contributed by atoms with Gasteiger partial charge in [-0.3, -0.25) is 9.59 Å². The lowest BCUT2D eigenvalue weighted by atomic mass is 10.0. The summed E-state index contributed by atoms with van der Waals surface area (Å²) < 4.78 is 5.46. The van der Waals surface area contributed by atoms with Crippen LogP contribution in [0.1, 0.15) is 303 Å². The topological polar surface area (TPSA) is 95.9 Å². The molecule has 0 bridgehead atoms. The van der Waals surface area contributed by atoms with E-state index in [1.54, 1.807) is 0 Å². The molecule has 1 amide bonds. The molecule has 2 unspecified atom stereocenters. The van der Waals surface area contributed by atoms with Crippen LogP contribution in [0.2, 0.25) is 0 Å². The van der Waals surface area contributed by atoms with Crippen molar-refractivity contribution < 1.29 is 24.5 Å². The van der Waals surface area contributed by atoms with Crippen LogP contribution in [-0.4, -0.2) is 47.4 Å². The van der Waals surface area contributed by atoms with Crippen molar-refractivity contribution in [3.8, 4) is 0 Å².